The Bertz CT molecular complexity index is 1130. The number of aromatic amines is 1. The zero-order valence-corrected chi connectivity index (χ0v) is 16.8. The summed E-state index contributed by atoms with van der Waals surface area (Å²) >= 11 is 0. The summed E-state index contributed by atoms with van der Waals surface area (Å²) in [6, 6.07) is 5.41. The molecule has 3 heterocycles. The maximum Gasteiger partial charge on any atom is 0.140 e. The summed E-state index contributed by atoms with van der Waals surface area (Å²) in [6.07, 6.45) is 10.7. The van der Waals surface area contributed by atoms with Crippen LogP contribution in [-0.2, 0) is 9.47 Å². The minimum atomic E-state index is -1.64. The van der Waals surface area contributed by atoms with Crippen molar-refractivity contribution in [2.75, 3.05) is 26.9 Å². The number of nitrogens with one attached hydrogen (secondary N) is 1. The smallest absolute Gasteiger partial charge is 0.140 e. The third-order valence-corrected chi connectivity index (χ3v) is 4.55. The van der Waals surface area contributed by atoms with Gasteiger partial charge >= 0.3 is 0 Å². The molecule has 0 spiro atoms. The number of hydrogen-bond donors (Lipinski definition) is 2. The molecule has 0 radical (unpaired) electrons. The average molecular weight is 425 g/mol. The summed E-state index contributed by atoms with van der Waals surface area (Å²) in [4.78, 5) is 11.3. The Morgan fingerprint density at radius 2 is 2.16 bits per heavy atom. The van der Waals surface area contributed by atoms with E-state index in [2.05, 4.69) is 15.0 Å². The third kappa shape index (κ3) is 5.22. The van der Waals surface area contributed by atoms with Gasteiger partial charge in [-0.1, -0.05) is 12.0 Å². The van der Waals surface area contributed by atoms with Gasteiger partial charge in [0.15, 0.2) is 0 Å². The van der Waals surface area contributed by atoms with Gasteiger partial charge in [0.2, 0.25) is 0 Å². The standard InChI is InChI=1S/C23H21F2N3O3/c1-3-5-19(24)21(20(25)14-31-9-8-30-2)22(29)18-13-28-23-17(18)10-16(12-27-23)15-6-4-7-26-11-15/h1,4-7,10-13,22,29H,8-9,14H2,2H3,(H,27,28)/b19-5+,21-20-. The SMILES string of the molecule is C#C/C=C(F)\C(=C(\F)COCCOC)C(O)c1c[nH]c2ncc(-c3cccnc3)cc12. The molecule has 0 fully saturated rings. The minimum absolute atomic E-state index is 0.110. The lowest BCUT2D eigenvalue weighted by Gasteiger charge is -2.15. The van der Waals surface area contributed by atoms with Crippen LogP contribution in [0.5, 0.6) is 0 Å². The number of terminal acetylenes is 1. The number of pyridine rings is 2. The van der Waals surface area contributed by atoms with Crippen LogP contribution in [0.25, 0.3) is 22.2 Å². The normalized spacial score (nSPS) is 13.7. The van der Waals surface area contributed by atoms with Gasteiger partial charge in [-0.2, -0.15) is 0 Å². The van der Waals surface area contributed by atoms with E-state index in [1.54, 1.807) is 30.7 Å². The molecule has 0 bridgehead atoms. The lowest BCUT2D eigenvalue weighted by Crippen LogP contribution is -2.09. The minimum Gasteiger partial charge on any atom is -0.383 e. The zero-order valence-electron chi connectivity index (χ0n) is 16.8. The van der Waals surface area contributed by atoms with Gasteiger partial charge in [-0.3, -0.25) is 4.98 Å². The third-order valence-electron chi connectivity index (χ3n) is 4.55. The Morgan fingerprint density at radius 3 is 2.87 bits per heavy atom. The Kier molecular flexibility index (Phi) is 7.62. The molecule has 0 aliphatic heterocycles. The fourth-order valence-electron chi connectivity index (χ4n) is 3.04. The van der Waals surface area contributed by atoms with E-state index in [0.717, 1.165) is 17.2 Å². The summed E-state index contributed by atoms with van der Waals surface area (Å²) in [5.41, 5.74) is 1.66. The number of rotatable bonds is 9. The van der Waals surface area contributed by atoms with Gasteiger partial charge in [0.05, 0.1) is 25.4 Å². The van der Waals surface area contributed by atoms with Crippen molar-refractivity contribution >= 4 is 11.0 Å². The molecule has 160 valence electrons. The van der Waals surface area contributed by atoms with Crippen LogP contribution in [0.4, 0.5) is 8.78 Å². The molecular weight excluding hydrogens is 404 g/mol. The second kappa shape index (κ2) is 10.6. The number of fused-ring (bicyclic) bond motifs is 1. The second-order valence-corrected chi connectivity index (χ2v) is 6.53. The van der Waals surface area contributed by atoms with Gasteiger partial charge in [0, 0.05) is 60.0 Å². The summed E-state index contributed by atoms with van der Waals surface area (Å²) < 4.78 is 39.4. The van der Waals surface area contributed by atoms with Crippen LogP contribution in [0.15, 0.2) is 66.3 Å². The molecule has 6 nitrogen and oxygen atoms in total. The first-order chi connectivity index (χ1) is 15.1. The van der Waals surface area contributed by atoms with Crippen LogP contribution in [-0.4, -0.2) is 47.0 Å². The first-order valence-electron chi connectivity index (χ1n) is 9.39. The Hall–Kier alpha value is -3.38. The van der Waals surface area contributed by atoms with Gasteiger partial charge in [0.25, 0.3) is 0 Å². The Balaban J connectivity index is 2.01. The number of ether oxygens (including phenoxy) is 2. The number of aromatic nitrogens is 3. The molecule has 2 N–H and O–H groups in total. The van der Waals surface area contributed by atoms with Crippen LogP contribution in [0.1, 0.15) is 11.7 Å². The van der Waals surface area contributed by atoms with Gasteiger partial charge in [-0.15, -0.1) is 6.42 Å². The van der Waals surface area contributed by atoms with E-state index in [1.807, 2.05) is 12.0 Å². The quantitative estimate of drug-likeness (QED) is 0.307. The van der Waals surface area contributed by atoms with Gasteiger partial charge in [-0.25, -0.2) is 13.8 Å². The summed E-state index contributed by atoms with van der Waals surface area (Å²) in [5, 5.41) is 11.4. The van der Waals surface area contributed by atoms with Gasteiger partial charge in [0.1, 0.15) is 23.4 Å². The van der Waals surface area contributed by atoms with E-state index in [-0.39, 0.29) is 18.8 Å². The monoisotopic (exact) mass is 425 g/mol. The van der Waals surface area contributed by atoms with E-state index in [9.17, 15) is 13.9 Å². The number of H-pyrrole nitrogens is 1. The Morgan fingerprint density at radius 1 is 1.32 bits per heavy atom. The van der Waals surface area contributed by atoms with Crippen LogP contribution < -0.4 is 0 Å². The number of halogens is 2. The predicted octanol–water partition coefficient (Wildman–Crippen LogP) is 4.03. The molecular formula is C23H21F2N3O3. The number of nitrogens with zero attached hydrogens (tertiary/aromatic N) is 2. The van der Waals surface area contributed by atoms with E-state index >= 15 is 0 Å². The molecule has 1 unspecified atom stereocenters. The van der Waals surface area contributed by atoms with Crippen molar-refractivity contribution in [3.8, 4) is 23.5 Å². The molecule has 31 heavy (non-hydrogen) atoms. The molecule has 8 heteroatoms. The highest BCUT2D eigenvalue weighted by molar-refractivity contribution is 5.85. The number of aliphatic hydroxyl groups excluding tert-OH is 1. The molecule has 3 rings (SSSR count). The van der Waals surface area contributed by atoms with E-state index in [4.69, 9.17) is 15.9 Å². The number of methoxy groups -OCH3 is 1. The fourth-order valence-corrected chi connectivity index (χ4v) is 3.04. The zero-order chi connectivity index (χ0) is 22.2. The average Bonchev–Trinajstić information content (AvgIpc) is 3.21. The number of aliphatic hydroxyl groups is 1. The van der Waals surface area contributed by atoms with E-state index in [0.29, 0.717) is 11.0 Å². The van der Waals surface area contributed by atoms with Crippen molar-refractivity contribution in [2.45, 2.75) is 6.10 Å². The predicted molar refractivity (Wildman–Crippen MR) is 113 cm³/mol. The first kappa shape index (κ1) is 22.3. The van der Waals surface area contributed by atoms with Crippen LogP contribution in [0.3, 0.4) is 0 Å². The van der Waals surface area contributed by atoms with Gasteiger partial charge in [-0.05, 0) is 12.1 Å². The first-order valence-corrected chi connectivity index (χ1v) is 9.39. The van der Waals surface area contributed by atoms with Crippen molar-refractivity contribution in [3.05, 3.63) is 71.9 Å². The lowest BCUT2D eigenvalue weighted by atomic mass is 9.98. The summed E-state index contributed by atoms with van der Waals surface area (Å²) in [5.74, 6) is -0.0250. The highest BCUT2D eigenvalue weighted by Crippen LogP contribution is 2.36. The highest BCUT2D eigenvalue weighted by atomic mass is 19.1. The molecule has 3 aromatic rings. The topological polar surface area (TPSA) is 80.3 Å². The van der Waals surface area contributed by atoms with Crippen molar-refractivity contribution in [1.29, 1.82) is 0 Å². The van der Waals surface area contributed by atoms with E-state index in [1.165, 1.54) is 13.3 Å². The Labute approximate surface area is 178 Å². The summed E-state index contributed by atoms with van der Waals surface area (Å²) in [6.45, 7) is -0.179. The molecule has 0 amide bonds. The second-order valence-electron chi connectivity index (χ2n) is 6.53. The van der Waals surface area contributed by atoms with Crippen molar-refractivity contribution in [2.24, 2.45) is 0 Å². The van der Waals surface area contributed by atoms with Gasteiger partial charge < -0.3 is 19.6 Å². The lowest BCUT2D eigenvalue weighted by molar-refractivity contribution is 0.0743. The molecule has 0 aliphatic rings. The van der Waals surface area contributed by atoms with Crippen LogP contribution in [0.2, 0.25) is 0 Å². The van der Waals surface area contributed by atoms with Crippen molar-refractivity contribution in [1.82, 2.24) is 15.0 Å². The van der Waals surface area contributed by atoms with Crippen LogP contribution in [0, 0.1) is 12.3 Å². The molecule has 1 atom stereocenters. The van der Waals surface area contributed by atoms with E-state index < -0.39 is 29.9 Å². The van der Waals surface area contributed by atoms with Crippen molar-refractivity contribution < 1.29 is 23.4 Å². The molecule has 3 aromatic heterocycles. The molecule has 0 saturated heterocycles. The summed E-state index contributed by atoms with van der Waals surface area (Å²) in [7, 11) is 1.48. The molecule has 0 aromatic carbocycles. The highest BCUT2D eigenvalue weighted by Gasteiger charge is 2.25. The number of hydrogen-bond acceptors (Lipinski definition) is 5. The molecule has 0 saturated carbocycles. The fraction of sp³-hybridized carbons (Fsp3) is 0.217. The maximum absolute atomic E-state index is 14.8. The maximum atomic E-state index is 14.8. The molecule has 0 aliphatic carbocycles. The largest absolute Gasteiger partial charge is 0.383 e. The van der Waals surface area contributed by atoms with Crippen LogP contribution >= 0.6 is 0 Å². The number of allylic oxidation sites excluding steroid dienone is 1. The van der Waals surface area contributed by atoms with Crippen molar-refractivity contribution in [3.63, 3.8) is 0 Å².